The number of allylic oxidation sites excluding steroid dienone is 1. The standard InChI is InChI=1S/C28H17N3S.C3H5N.C3H6/c1-2-7-18(8-3-1)19-12-14-29-27(15-19)31-23-10-6-13-30-28(23)22-16-21-20-9-4-5-11-25(20)32-26(21)17-24(22)31;1-3-4-2;1-3-2/h1-17H;3H,1-2H2;3H,1H2,2H3. The minimum Gasteiger partial charge on any atom is -0.292 e. The number of fused-ring (bicyclic) bond motifs is 6. The molecule has 3 aromatic carbocycles. The third-order valence-corrected chi connectivity index (χ3v) is 7.36. The van der Waals surface area contributed by atoms with Gasteiger partial charge in [0.05, 0.1) is 16.6 Å². The number of hydrogen-bond donors (Lipinski definition) is 0. The van der Waals surface area contributed by atoms with Crippen LogP contribution in [0.4, 0.5) is 0 Å². The molecule has 4 aromatic heterocycles. The van der Waals surface area contributed by atoms with Crippen molar-refractivity contribution in [3.05, 3.63) is 129 Å². The van der Waals surface area contributed by atoms with Crippen molar-refractivity contribution < 1.29 is 0 Å². The molecule has 0 saturated carbocycles. The highest BCUT2D eigenvalue weighted by atomic mass is 32.1. The van der Waals surface area contributed by atoms with Gasteiger partial charge in [-0.05, 0) is 67.2 Å². The topological polar surface area (TPSA) is 43.1 Å². The van der Waals surface area contributed by atoms with Gasteiger partial charge in [0.15, 0.2) is 0 Å². The molecule has 5 heteroatoms. The lowest BCUT2D eigenvalue weighted by Gasteiger charge is -2.09. The van der Waals surface area contributed by atoms with Crippen LogP contribution >= 0.6 is 11.3 Å². The lowest BCUT2D eigenvalue weighted by Crippen LogP contribution is -1.97. The van der Waals surface area contributed by atoms with E-state index < -0.39 is 0 Å². The molecule has 39 heavy (non-hydrogen) atoms. The molecular weight excluding hydrogens is 496 g/mol. The Morgan fingerprint density at radius 2 is 1.46 bits per heavy atom. The van der Waals surface area contributed by atoms with Gasteiger partial charge in [0.25, 0.3) is 0 Å². The van der Waals surface area contributed by atoms with E-state index in [0.29, 0.717) is 0 Å². The van der Waals surface area contributed by atoms with Gasteiger partial charge in [0.2, 0.25) is 0 Å². The van der Waals surface area contributed by atoms with Crippen molar-refractivity contribution in [1.29, 1.82) is 0 Å². The summed E-state index contributed by atoms with van der Waals surface area (Å²) in [6.45, 7) is 11.6. The van der Waals surface area contributed by atoms with E-state index in [1.165, 1.54) is 31.9 Å². The van der Waals surface area contributed by atoms with Crippen molar-refractivity contribution in [2.45, 2.75) is 6.92 Å². The highest BCUT2D eigenvalue weighted by molar-refractivity contribution is 7.25. The summed E-state index contributed by atoms with van der Waals surface area (Å²) in [6, 6.07) is 32.0. The van der Waals surface area contributed by atoms with Crippen molar-refractivity contribution in [1.82, 2.24) is 14.5 Å². The molecule has 7 rings (SSSR count). The number of pyridine rings is 2. The van der Waals surface area contributed by atoms with Crippen LogP contribution in [0.2, 0.25) is 0 Å². The zero-order valence-corrected chi connectivity index (χ0v) is 22.6. The summed E-state index contributed by atoms with van der Waals surface area (Å²) in [5, 5.41) is 3.74. The lowest BCUT2D eigenvalue weighted by molar-refractivity contribution is 1.08. The van der Waals surface area contributed by atoms with Crippen molar-refractivity contribution >= 4 is 60.2 Å². The summed E-state index contributed by atoms with van der Waals surface area (Å²) in [7, 11) is 0. The predicted molar refractivity (Wildman–Crippen MR) is 170 cm³/mol. The number of aromatic nitrogens is 3. The molecule has 7 aromatic rings. The Kier molecular flexibility index (Phi) is 7.71. The molecule has 0 unspecified atom stereocenters. The zero-order valence-electron chi connectivity index (χ0n) is 21.8. The Labute approximate surface area is 231 Å². The third kappa shape index (κ3) is 5.00. The second-order valence-electron chi connectivity index (χ2n) is 8.71. The summed E-state index contributed by atoms with van der Waals surface area (Å²) in [5.41, 5.74) is 5.55. The monoisotopic (exact) mass is 524 g/mol. The Balaban J connectivity index is 0.000000399. The van der Waals surface area contributed by atoms with E-state index in [0.717, 1.165) is 33.3 Å². The van der Waals surface area contributed by atoms with Crippen LogP contribution in [0.1, 0.15) is 6.92 Å². The van der Waals surface area contributed by atoms with Gasteiger partial charge in [-0.3, -0.25) is 14.5 Å². The minimum atomic E-state index is 0.903. The molecule has 0 radical (unpaired) electrons. The van der Waals surface area contributed by atoms with Crippen LogP contribution in [0.15, 0.2) is 134 Å². The lowest BCUT2D eigenvalue weighted by atomic mass is 10.1. The SMILES string of the molecule is C=CC.C=CN=C.c1ccc(-c2ccnc(-n3c4cc5sc6ccccc6c5cc4c4ncccc43)c2)cc1. The Morgan fingerprint density at radius 1 is 0.718 bits per heavy atom. The predicted octanol–water partition coefficient (Wildman–Crippen LogP) is 9.63. The number of aliphatic imine (C=N–C) groups is 1. The van der Waals surface area contributed by atoms with E-state index >= 15 is 0 Å². The molecule has 0 aliphatic rings. The molecule has 0 atom stereocenters. The Morgan fingerprint density at radius 3 is 2.23 bits per heavy atom. The van der Waals surface area contributed by atoms with Crippen LogP contribution in [0.5, 0.6) is 0 Å². The second kappa shape index (κ2) is 11.7. The molecule has 0 bridgehead atoms. The van der Waals surface area contributed by atoms with Gasteiger partial charge in [-0.1, -0.05) is 61.2 Å². The zero-order chi connectivity index (χ0) is 27.2. The largest absolute Gasteiger partial charge is 0.292 e. The molecule has 190 valence electrons. The average molecular weight is 525 g/mol. The van der Waals surface area contributed by atoms with E-state index in [9.17, 15) is 0 Å². The fourth-order valence-electron chi connectivity index (χ4n) is 4.65. The molecule has 0 N–H and O–H groups in total. The summed E-state index contributed by atoms with van der Waals surface area (Å²) >= 11 is 1.84. The van der Waals surface area contributed by atoms with Crippen LogP contribution < -0.4 is 0 Å². The van der Waals surface area contributed by atoms with E-state index in [1.807, 2.05) is 42.8 Å². The average Bonchev–Trinajstić information content (AvgIpc) is 3.52. The molecule has 0 spiro atoms. The molecule has 0 amide bonds. The van der Waals surface area contributed by atoms with Gasteiger partial charge in [0.1, 0.15) is 5.82 Å². The Hall–Kier alpha value is -4.87. The smallest absolute Gasteiger partial charge is 0.138 e. The van der Waals surface area contributed by atoms with E-state index in [-0.39, 0.29) is 0 Å². The molecule has 0 aliphatic carbocycles. The molecular formula is C34H28N4S. The highest BCUT2D eigenvalue weighted by Gasteiger charge is 2.17. The maximum atomic E-state index is 4.77. The van der Waals surface area contributed by atoms with Crippen molar-refractivity contribution in [3.8, 4) is 16.9 Å². The first-order valence-electron chi connectivity index (χ1n) is 12.6. The highest BCUT2D eigenvalue weighted by Crippen LogP contribution is 2.40. The summed E-state index contributed by atoms with van der Waals surface area (Å²) in [5.74, 6) is 0.903. The van der Waals surface area contributed by atoms with E-state index in [2.05, 4.69) is 108 Å². The van der Waals surface area contributed by atoms with Gasteiger partial charge in [-0.25, -0.2) is 4.98 Å². The van der Waals surface area contributed by atoms with E-state index in [4.69, 9.17) is 9.97 Å². The minimum absolute atomic E-state index is 0.903. The van der Waals surface area contributed by atoms with Gasteiger partial charge < -0.3 is 0 Å². The fraction of sp³-hybridized carbons (Fsp3) is 0.0294. The maximum absolute atomic E-state index is 4.77. The van der Waals surface area contributed by atoms with Gasteiger partial charge in [-0.2, -0.15) is 0 Å². The van der Waals surface area contributed by atoms with Crippen molar-refractivity contribution in [2.24, 2.45) is 4.99 Å². The number of rotatable bonds is 3. The first-order chi connectivity index (χ1) is 19.2. The first kappa shape index (κ1) is 25.8. The number of benzene rings is 3. The molecule has 4 heterocycles. The van der Waals surface area contributed by atoms with Gasteiger partial charge in [-0.15, -0.1) is 17.9 Å². The van der Waals surface area contributed by atoms with Gasteiger partial charge in [0, 0.05) is 44.2 Å². The van der Waals surface area contributed by atoms with Crippen LogP contribution in [-0.2, 0) is 0 Å². The van der Waals surface area contributed by atoms with E-state index in [1.54, 1.807) is 6.08 Å². The van der Waals surface area contributed by atoms with Crippen LogP contribution in [-0.4, -0.2) is 21.3 Å². The number of thiophene rings is 1. The van der Waals surface area contributed by atoms with Crippen LogP contribution in [0, 0.1) is 0 Å². The molecule has 4 nitrogen and oxygen atoms in total. The second-order valence-corrected chi connectivity index (χ2v) is 9.80. The fourth-order valence-corrected chi connectivity index (χ4v) is 5.77. The van der Waals surface area contributed by atoms with Gasteiger partial charge >= 0.3 is 0 Å². The normalized spacial score (nSPS) is 10.5. The Bertz CT molecular complexity index is 1920. The quantitative estimate of drug-likeness (QED) is 0.171. The first-order valence-corrected chi connectivity index (χ1v) is 13.4. The maximum Gasteiger partial charge on any atom is 0.138 e. The molecule has 0 aliphatic heterocycles. The summed E-state index contributed by atoms with van der Waals surface area (Å²) in [4.78, 5) is 12.8. The van der Waals surface area contributed by atoms with Crippen LogP contribution in [0.3, 0.4) is 0 Å². The molecule has 0 saturated heterocycles. The van der Waals surface area contributed by atoms with Crippen molar-refractivity contribution in [3.63, 3.8) is 0 Å². The molecule has 0 fully saturated rings. The van der Waals surface area contributed by atoms with Crippen molar-refractivity contribution in [2.75, 3.05) is 0 Å². The van der Waals surface area contributed by atoms with Crippen LogP contribution in [0.25, 0.3) is 59.1 Å². The summed E-state index contributed by atoms with van der Waals surface area (Å²) in [6.07, 6.45) is 6.90. The summed E-state index contributed by atoms with van der Waals surface area (Å²) < 4.78 is 4.83. The third-order valence-electron chi connectivity index (χ3n) is 6.23. The number of hydrogen-bond acceptors (Lipinski definition) is 4. The number of nitrogens with zero attached hydrogens (tertiary/aromatic N) is 4.